The Bertz CT molecular complexity index is 718. The first kappa shape index (κ1) is 15.0. The van der Waals surface area contributed by atoms with Crippen molar-refractivity contribution in [1.29, 1.82) is 0 Å². The summed E-state index contributed by atoms with van der Waals surface area (Å²) in [6, 6.07) is 0. The largest absolute Gasteiger partial charge is 0.481 e. The summed E-state index contributed by atoms with van der Waals surface area (Å²) in [4.78, 5) is 24.8. The smallest absolute Gasteiger partial charge is 0.309 e. The standard InChI is InChI=1S/C16H20ClN3O3/c1-18-11-7-19-20(14(21)13(11)17)16-5-8-2-9(6-16)4-10(3-8)12(16)15(22)23/h7-10,12,18H,2-6H2,1H3,(H,22,23)/t8-,9-,10?,12-,16?/m0/s1. The molecule has 23 heavy (non-hydrogen) atoms. The van der Waals surface area contributed by atoms with E-state index in [1.54, 1.807) is 7.05 Å². The number of nitrogens with one attached hydrogen (secondary N) is 1. The maximum atomic E-state index is 12.8. The number of carboxylic acid groups (broad SMARTS) is 1. The summed E-state index contributed by atoms with van der Waals surface area (Å²) in [5, 5.41) is 17.1. The van der Waals surface area contributed by atoms with Crippen molar-refractivity contribution >= 4 is 23.3 Å². The molecule has 0 saturated heterocycles. The zero-order chi connectivity index (χ0) is 16.4. The Hall–Kier alpha value is -1.56. The van der Waals surface area contributed by atoms with Crippen molar-refractivity contribution in [2.45, 2.75) is 37.6 Å². The second-order valence-electron chi connectivity index (χ2n) is 7.37. The predicted octanol–water partition coefficient (Wildman–Crippen LogP) is 2.17. The van der Waals surface area contributed by atoms with Gasteiger partial charge in [-0.1, -0.05) is 11.6 Å². The van der Waals surface area contributed by atoms with Crippen LogP contribution in [-0.4, -0.2) is 27.9 Å². The van der Waals surface area contributed by atoms with E-state index in [0.717, 1.165) is 32.1 Å². The van der Waals surface area contributed by atoms with Crippen LogP contribution in [0.2, 0.25) is 5.02 Å². The van der Waals surface area contributed by atoms with Gasteiger partial charge in [-0.15, -0.1) is 0 Å². The number of nitrogens with zero attached hydrogens (tertiary/aromatic N) is 2. The Morgan fingerprint density at radius 1 is 1.39 bits per heavy atom. The summed E-state index contributed by atoms with van der Waals surface area (Å²) in [5.41, 5.74) is -0.621. The van der Waals surface area contributed by atoms with Gasteiger partial charge in [0.2, 0.25) is 0 Å². The average molecular weight is 338 g/mol. The van der Waals surface area contributed by atoms with Crippen LogP contribution in [0.25, 0.3) is 0 Å². The van der Waals surface area contributed by atoms with Gasteiger partial charge in [-0.3, -0.25) is 9.59 Å². The third-order valence-electron chi connectivity index (χ3n) is 6.15. The number of anilines is 1. The molecule has 4 fully saturated rings. The summed E-state index contributed by atoms with van der Waals surface area (Å²) in [6.45, 7) is 0. The van der Waals surface area contributed by atoms with Crippen LogP contribution in [-0.2, 0) is 10.3 Å². The molecule has 2 N–H and O–H groups in total. The minimum Gasteiger partial charge on any atom is -0.481 e. The van der Waals surface area contributed by atoms with Crippen LogP contribution >= 0.6 is 11.6 Å². The fourth-order valence-electron chi connectivity index (χ4n) is 5.66. The van der Waals surface area contributed by atoms with E-state index in [-0.39, 0.29) is 16.5 Å². The zero-order valence-electron chi connectivity index (χ0n) is 13.0. The monoisotopic (exact) mass is 337 g/mol. The number of carboxylic acids is 1. The third-order valence-corrected chi connectivity index (χ3v) is 6.51. The molecule has 7 heteroatoms. The number of aromatic nitrogens is 2. The van der Waals surface area contributed by atoms with Crippen molar-refractivity contribution in [3.05, 3.63) is 21.6 Å². The molecule has 6 nitrogen and oxygen atoms in total. The van der Waals surface area contributed by atoms with Crippen molar-refractivity contribution in [3.8, 4) is 0 Å². The second-order valence-corrected chi connectivity index (χ2v) is 7.74. The summed E-state index contributed by atoms with van der Waals surface area (Å²) >= 11 is 6.18. The SMILES string of the molecule is CNc1cnn(C23C[C@@H]4CC(C[C@H](C4)C2)[C@H]3C(=O)O)c(=O)c1Cl. The van der Waals surface area contributed by atoms with Crippen LogP contribution < -0.4 is 10.9 Å². The molecular weight excluding hydrogens is 318 g/mol. The molecule has 0 radical (unpaired) electrons. The van der Waals surface area contributed by atoms with E-state index in [1.807, 2.05) is 0 Å². The van der Waals surface area contributed by atoms with Crippen LogP contribution in [0.15, 0.2) is 11.0 Å². The van der Waals surface area contributed by atoms with E-state index < -0.39 is 17.4 Å². The van der Waals surface area contributed by atoms with Crippen LogP contribution in [0.5, 0.6) is 0 Å². The van der Waals surface area contributed by atoms with Crippen LogP contribution in [0, 0.1) is 23.7 Å². The summed E-state index contributed by atoms with van der Waals surface area (Å²) in [6.07, 6.45) is 6.06. The fourth-order valence-corrected chi connectivity index (χ4v) is 5.88. The second kappa shape index (κ2) is 4.97. The van der Waals surface area contributed by atoms with Gasteiger partial charge in [-0.25, -0.2) is 4.68 Å². The number of aliphatic carboxylic acids is 1. The molecule has 0 aliphatic heterocycles. The molecule has 4 bridgehead atoms. The number of halogens is 1. The van der Waals surface area contributed by atoms with Gasteiger partial charge in [0, 0.05) is 7.05 Å². The highest BCUT2D eigenvalue weighted by atomic mass is 35.5. The Labute approximate surface area is 138 Å². The number of hydrogen-bond acceptors (Lipinski definition) is 4. The van der Waals surface area contributed by atoms with Gasteiger partial charge in [-0.05, 0) is 49.9 Å². The zero-order valence-corrected chi connectivity index (χ0v) is 13.7. The molecule has 0 aromatic carbocycles. The molecule has 3 atom stereocenters. The Morgan fingerprint density at radius 3 is 2.61 bits per heavy atom. The van der Waals surface area contributed by atoms with E-state index in [2.05, 4.69) is 10.4 Å². The minimum atomic E-state index is -0.809. The highest BCUT2D eigenvalue weighted by Crippen LogP contribution is 2.61. The lowest BCUT2D eigenvalue weighted by atomic mass is 9.48. The Kier molecular flexibility index (Phi) is 3.24. The molecule has 5 rings (SSSR count). The third kappa shape index (κ3) is 1.97. The van der Waals surface area contributed by atoms with Crippen LogP contribution in [0.3, 0.4) is 0 Å². The molecule has 1 aromatic heterocycles. The lowest BCUT2D eigenvalue weighted by molar-refractivity contribution is -0.168. The molecular formula is C16H20ClN3O3. The molecule has 0 unspecified atom stereocenters. The summed E-state index contributed by atoms with van der Waals surface area (Å²) in [5.74, 6) is -0.206. The van der Waals surface area contributed by atoms with Crippen LogP contribution in [0.1, 0.15) is 32.1 Å². The predicted molar refractivity (Wildman–Crippen MR) is 85.7 cm³/mol. The Morgan fingerprint density at radius 2 is 2.04 bits per heavy atom. The normalized spacial score (nSPS) is 37.8. The van der Waals surface area contributed by atoms with Gasteiger partial charge >= 0.3 is 5.97 Å². The maximum Gasteiger partial charge on any atom is 0.309 e. The van der Waals surface area contributed by atoms with E-state index in [0.29, 0.717) is 17.5 Å². The fraction of sp³-hybridized carbons (Fsp3) is 0.688. The van der Waals surface area contributed by atoms with Crippen molar-refractivity contribution < 1.29 is 9.90 Å². The van der Waals surface area contributed by atoms with Crippen molar-refractivity contribution in [3.63, 3.8) is 0 Å². The molecule has 4 aliphatic rings. The molecule has 1 heterocycles. The number of rotatable bonds is 3. The quantitative estimate of drug-likeness (QED) is 0.883. The van der Waals surface area contributed by atoms with Crippen molar-refractivity contribution in [2.75, 3.05) is 12.4 Å². The first-order valence-electron chi connectivity index (χ1n) is 8.15. The van der Waals surface area contributed by atoms with Crippen molar-refractivity contribution in [2.24, 2.45) is 23.7 Å². The molecule has 4 aliphatic carbocycles. The molecule has 124 valence electrons. The van der Waals surface area contributed by atoms with Crippen molar-refractivity contribution in [1.82, 2.24) is 9.78 Å². The first-order valence-corrected chi connectivity index (χ1v) is 8.53. The van der Waals surface area contributed by atoms with E-state index in [9.17, 15) is 14.7 Å². The van der Waals surface area contributed by atoms with Gasteiger partial charge < -0.3 is 10.4 Å². The maximum absolute atomic E-state index is 12.8. The average Bonchev–Trinajstić information content (AvgIpc) is 2.48. The van der Waals surface area contributed by atoms with Gasteiger partial charge in [0.05, 0.1) is 23.3 Å². The highest BCUT2D eigenvalue weighted by Gasteiger charge is 2.61. The van der Waals surface area contributed by atoms with Gasteiger partial charge in [-0.2, -0.15) is 5.10 Å². The Balaban J connectivity index is 1.90. The molecule has 4 saturated carbocycles. The van der Waals surface area contributed by atoms with Gasteiger partial charge in [0.15, 0.2) is 0 Å². The molecule has 0 amide bonds. The molecule has 1 aromatic rings. The number of hydrogen-bond donors (Lipinski definition) is 2. The topological polar surface area (TPSA) is 84.2 Å². The highest BCUT2D eigenvalue weighted by molar-refractivity contribution is 6.32. The lowest BCUT2D eigenvalue weighted by Gasteiger charge is -2.59. The molecule has 0 spiro atoms. The van der Waals surface area contributed by atoms with E-state index in [1.165, 1.54) is 10.9 Å². The van der Waals surface area contributed by atoms with Crippen LogP contribution in [0.4, 0.5) is 5.69 Å². The first-order chi connectivity index (χ1) is 11.0. The van der Waals surface area contributed by atoms with E-state index >= 15 is 0 Å². The lowest BCUT2D eigenvalue weighted by Crippen LogP contribution is -2.63. The van der Waals surface area contributed by atoms with Gasteiger partial charge in [0.25, 0.3) is 5.56 Å². The number of carbonyl (C=O) groups is 1. The van der Waals surface area contributed by atoms with Gasteiger partial charge in [0.1, 0.15) is 5.02 Å². The van der Waals surface area contributed by atoms with E-state index in [4.69, 9.17) is 11.6 Å². The minimum absolute atomic E-state index is 0.0855. The summed E-state index contributed by atoms with van der Waals surface area (Å²) in [7, 11) is 1.68. The summed E-state index contributed by atoms with van der Waals surface area (Å²) < 4.78 is 1.40.